The van der Waals surface area contributed by atoms with E-state index in [1.54, 1.807) is 0 Å². The lowest BCUT2D eigenvalue weighted by atomic mass is 10.1. The van der Waals surface area contributed by atoms with Gasteiger partial charge in [-0.25, -0.2) is 4.39 Å². The zero-order valence-electron chi connectivity index (χ0n) is 9.55. The highest BCUT2D eigenvalue weighted by molar-refractivity contribution is 7.09. The molecule has 0 radical (unpaired) electrons. The van der Waals surface area contributed by atoms with Gasteiger partial charge in [0.05, 0.1) is 12.1 Å². The highest BCUT2D eigenvalue weighted by Gasteiger charge is 2.13. The number of nitrogens with two attached hydrogens (primary N) is 1. The van der Waals surface area contributed by atoms with Crippen molar-refractivity contribution in [3.8, 4) is 11.8 Å². The Bertz CT molecular complexity index is 647. The number of aromatic nitrogens is 3. The lowest BCUT2D eigenvalue weighted by Gasteiger charge is -2.03. The van der Waals surface area contributed by atoms with E-state index in [1.807, 2.05) is 0 Å². The standard InChI is InChI=1S/C11H8FN5OS/c12-8-3-4-9(7(6-8)2-1-5-13)10(18)14-11-15-16-17-19-11/h3-4,6H,5,13H2,(H,14,15,17,18). The van der Waals surface area contributed by atoms with Crippen molar-refractivity contribution in [3.63, 3.8) is 0 Å². The quantitative estimate of drug-likeness (QED) is 0.785. The Balaban J connectivity index is 2.30. The number of benzene rings is 1. The fraction of sp³-hybridized carbons (Fsp3) is 0.0909. The third-order valence-corrected chi connectivity index (χ3v) is 2.58. The summed E-state index contributed by atoms with van der Waals surface area (Å²) in [7, 11) is 0. The first-order valence-corrected chi connectivity index (χ1v) is 5.93. The summed E-state index contributed by atoms with van der Waals surface area (Å²) in [6.45, 7) is 0.123. The summed E-state index contributed by atoms with van der Waals surface area (Å²) in [6.07, 6.45) is 0. The van der Waals surface area contributed by atoms with Crippen molar-refractivity contribution in [3.05, 3.63) is 35.1 Å². The maximum absolute atomic E-state index is 13.2. The Morgan fingerprint density at radius 3 is 3.05 bits per heavy atom. The van der Waals surface area contributed by atoms with Gasteiger partial charge < -0.3 is 5.73 Å². The molecular formula is C11H8FN5OS. The molecule has 6 nitrogen and oxygen atoms in total. The van der Waals surface area contributed by atoms with E-state index in [2.05, 4.69) is 32.0 Å². The lowest BCUT2D eigenvalue weighted by Crippen LogP contribution is -2.13. The Hall–Kier alpha value is -2.37. The van der Waals surface area contributed by atoms with Gasteiger partial charge in [-0.1, -0.05) is 21.4 Å². The largest absolute Gasteiger partial charge is 0.320 e. The average Bonchev–Trinajstić information content (AvgIpc) is 2.89. The molecule has 1 heterocycles. The number of carbonyl (C=O) groups excluding carboxylic acids is 1. The van der Waals surface area contributed by atoms with Gasteiger partial charge in [-0.3, -0.25) is 10.1 Å². The molecule has 0 saturated heterocycles. The normalized spacial score (nSPS) is 9.58. The van der Waals surface area contributed by atoms with Crippen LogP contribution in [-0.4, -0.2) is 27.3 Å². The van der Waals surface area contributed by atoms with Gasteiger partial charge in [-0.2, -0.15) is 0 Å². The molecule has 1 amide bonds. The van der Waals surface area contributed by atoms with E-state index in [4.69, 9.17) is 5.73 Å². The number of carbonyl (C=O) groups is 1. The van der Waals surface area contributed by atoms with Crippen LogP contribution in [0.25, 0.3) is 0 Å². The molecule has 96 valence electrons. The van der Waals surface area contributed by atoms with E-state index in [0.717, 1.165) is 11.5 Å². The van der Waals surface area contributed by atoms with Crippen LogP contribution in [-0.2, 0) is 0 Å². The number of nitrogens with zero attached hydrogens (tertiary/aromatic N) is 3. The first kappa shape index (κ1) is 13.1. The summed E-state index contributed by atoms with van der Waals surface area (Å²) in [5, 5.41) is 9.69. The molecule has 19 heavy (non-hydrogen) atoms. The van der Waals surface area contributed by atoms with Crippen LogP contribution in [0, 0.1) is 17.7 Å². The second kappa shape index (κ2) is 5.99. The van der Waals surface area contributed by atoms with Crippen molar-refractivity contribution in [1.29, 1.82) is 0 Å². The SMILES string of the molecule is NCC#Cc1cc(F)ccc1C(=O)Nc1nnns1. The number of halogens is 1. The zero-order valence-corrected chi connectivity index (χ0v) is 10.4. The number of nitrogens with one attached hydrogen (secondary N) is 1. The molecule has 0 aliphatic carbocycles. The topological polar surface area (TPSA) is 93.8 Å². The van der Waals surface area contributed by atoms with Gasteiger partial charge in [-0.15, -0.1) is 0 Å². The summed E-state index contributed by atoms with van der Waals surface area (Å²) in [5.41, 5.74) is 5.76. The van der Waals surface area contributed by atoms with Crippen LogP contribution in [0.1, 0.15) is 15.9 Å². The third kappa shape index (κ3) is 3.31. The third-order valence-electron chi connectivity index (χ3n) is 2.07. The summed E-state index contributed by atoms with van der Waals surface area (Å²) in [5.74, 6) is 4.29. The fourth-order valence-corrected chi connectivity index (χ4v) is 1.67. The van der Waals surface area contributed by atoms with Crippen molar-refractivity contribution >= 4 is 22.6 Å². The minimum atomic E-state index is -0.476. The van der Waals surface area contributed by atoms with Crippen LogP contribution in [0.5, 0.6) is 0 Å². The Morgan fingerprint density at radius 1 is 1.53 bits per heavy atom. The van der Waals surface area contributed by atoms with Crippen molar-refractivity contribution < 1.29 is 9.18 Å². The molecule has 0 aliphatic rings. The van der Waals surface area contributed by atoms with E-state index in [1.165, 1.54) is 18.2 Å². The minimum absolute atomic E-state index is 0.123. The molecule has 0 fully saturated rings. The maximum Gasteiger partial charge on any atom is 0.258 e. The molecule has 0 spiro atoms. The Labute approximate surface area is 112 Å². The van der Waals surface area contributed by atoms with Crippen molar-refractivity contribution in [1.82, 2.24) is 14.8 Å². The number of amides is 1. The van der Waals surface area contributed by atoms with E-state index in [9.17, 15) is 9.18 Å². The smallest absolute Gasteiger partial charge is 0.258 e. The van der Waals surface area contributed by atoms with E-state index in [0.29, 0.717) is 0 Å². The predicted octanol–water partition coefficient (Wildman–Crippen LogP) is 0.635. The van der Waals surface area contributed by atoms with Crippen LogP contribution < -0.4 is 11.1 Å². The van der Waals surface area contributed by atoms with Crippen LogP contribution >= 0.6 is 11.5 Å². The van der Waals surface area contributed by atoms with Gasteiger partial charge in [0.25, 0.3) is 5.91 Å². The minimum Gasteiger partial charge on any atom is -0.320 e. The number of rotatable bonds is 2. The molecule has 2 rings (SSSR count). The maximum atomic E-state index is 13.2. The summed E-state index contributed by atoms with van der Waals surface area (Å²) < 4.78 is 16.7. The molecule has 3 N–H and O–H groups in total. The van der Waals surface area contributed by atoms with Gasteiger partial charge >= 0.3 is 0 Å². The van der Waals surface area contributed by atoms with E-state index in [-0.39, 0.29) is 22.8 Å². The van der Waals surface area contributed by atoms with E-state index < -0.39 is 11.7 Å². The van der Waals surface area contributed by atoms with Gasteiger partial charge in [-0.05, 0) is 23.4 Å². The molecule has 0 atom stereocenters. The van der Waals surface area contributed by atoms with Crippen molar-refractivity contribution in [2.75, 3.05) is 11.9 Å². The molecule has 0 aliphatic heterocycles. The number of hydrogen-bond donors (Lipinski definition) is 2. The molecule has 0 unspecified atom stereocenters. The highest BCUT2D eigenvalue weighted by Crippen LogP contribution is 2.13. The predicted molar refractivity (Wildman–Crippen MR) is 68.0 cm³/mol. The monoisotopic (exact) mass is 277 g/mol. The van der Waals surface area contributed by atoms with Gasteiger partial charge in [0, 0.05) is 17.1 Å². The van der Waals surface area contributed by atoms with Crippen LogP contribution in [0.15, 0.2) is 18.2 Å². The zero-order chi connectivity index (χ0) is 13.7. The molecule has 0 saturated carbocycles. The second-order valence-corrected chi connectivity index (χ2v) is 4.05. The lowest BCUT2D eigenvalue weighted by molar-refractivity contribution is 0.102. The molecular weight excluding hydrogens is 269 g/mol. The molecule has 1 aromatic heterocycles. The first-order valence-electron chi connectivity index (χ1n) is 5.15. The Morgan fingerprint density at radius 2 is 2.37 bits per heavy atom. The van der Waals surface area contributed by atoms with Crippen molar-refractivity contribution in [2.24, 2.45) is 5.73 Å². The molecule has 0 bridgehead atoms. The number of anilines is 1. The van der Waals surface area contributed by atoms with Gasteiger partial charge in [0.2, 0.25) is 5.13 Å². The molecule has 1 aromatic carbocycles. The van der Waals surface area contributed by atoms with Gasteiger partial charge in [0.1, 0.15) is 5.82 Å². The number of hydrogen-bond acceptors (Lipinski definition) is 6. The average molecular weight is 277 g/mol. The summed E-state index contributed by atoms with van der Waals surface area (Å²) >= 11 is 0.939. The van der Waals surface area contributed by atoms with Crippen LogP contribution in [0.4, 0.5) is 9.52 Å². The molecule has 2 aromatic rings. The van der Waals surface area contributed by atoms with E-state index >= 15 is 0 Å². The second-order valence-electron chi connectivity index (χ2n) is 3.32. The summed E-state index contributed by atoms with van der Waals surface area (Å²) in [6, 6.07) is 3.70. The van der Waals surface area contributed by atoms with Gasteiger partial charge in [0.15, 0.2) is 0 Å². The fourth-order valence-electron chi connectivity index (χ4n) is 1.31. The first-order chi connectivity index (χ1) is 9.20. The van der Waals surface area contributed by atoms with Crippen LogP contribution in [0.2, 0.25) is 0 Å². The highest BCUT2D eigenvalue weighted by atomic mass is 32.1. The summed E-state index contributed by atoms with van der Waals surface area (Å²) in [4.78, 5) is 12.0. The van der Waals surface area contributed by atoms with Crippen molar-refractivity contribution in [2.45, 2.75) is 0 Å². The van der Waals surface area contributed by atoms with Crippen LogP contribution in [0.3, 0.4) is 0 Å². The Kier molecular flexibility index (Phi) is 4.12. The molecule has 8 heteroatoms.